The molecule has 2 heterocycles. The van der Waals surface area contributed by atoms with Gasteiger partial charge in [-0.05, 0) is 44.4 Å². The number of hydrogen-bond acceptors (Lipinski definition) is 2. The topological polar surface area (TPSA) is 12.0 Å². The van der Waals surface area contributed by atoms with Crippen molar-refractivity contribution >= 4 is 22.9 Å². The van der Waals surface area contributed by atoms with Crippen LogP contribution in [0.3, 0.4) is 0 Å². The van der Waals surface area contributed by atoms with E-state index in [1.54, 1.807) is 11.3 Å². The van der Waals surface area contributed by atoms with Crippen LogP contribution in [0.5, 0.6) is 0 Å². The van der Waals surface area contributed by atoms with Crippen LogP contribution in [-0.4, -0.2) is 12.6 Å². The van der Waals surface area contributed by atoms with Crippen LogP contribution >= 0.6 is 22.9 Å². The molecule has 78 valence electrons. The number of nitrogens with one attached hydrogen (secondary N) is 1. The maximum atomic E-state index is 5.88. The second-order valence-electron chi connectivity index (χ2n) is 3.89. The highest BCUT2D eigenvalue weighted by atomic mass is 35.5. The molecule has 0 bridgehead atoms. The lowest BCUT2D eigenvalue weighted by molar-refractivity contribution is 0.383. The van der Waals surface area contributed by atoms with Gasteiger partial charge in [-0.1, -0.05) is 18.0 Å². The average molecular weight is 230 g/mol. The first-order valence-corrected chi connectivity index (χ1v) is 6.51. The van der Waals surface area contributed by atoms with E-state index < -0.39 is 0 Å². The number of hydrogen-bond donors (Lipinski definition) is 1. The van der Waals surface area contributed by atoms with Gasteiger partial charge in [-0.15, -0.1) is 11.3 Å². The Bertz CT molecular complexity index is 279. The summed E-state index contributed by atoms with van der Waals surface area (Å²) >= 11 is 7.60. The maximum absolute atomic E-state index is 5.88. The Balaban J connectivity index is 1.76. The highest BCUT2D eigenvalue weighted by Crippen LogP contribution is 2.23. The molecule has 1 N–H and O–H groups in total. The predicted octanol–water partition coefficient (Wildman–Crippen LogP) is 3.48. The fraction of sp³-hybridized carbons (Fsp3) is 0.636. The summed E-state index contributed by atoms with van der Waals surface area (Å²) in [4.78, 5) is 1.42. The molecular formula is C11H16ClNS. The third-order valence-electron chi connectivity index (χ3n) is 2.78. The van der Waals surface area contributed by atoms with E-state index in [0.29, 0.717) is 0 Å². The lowest BCUT2D eigenvalue weighted by Gasteiger charge is -2.22. The SMILES string of the molecule is Clc1ccc(CCC2CCCCN2)s1. The molecule has 1 nitrogen and oxygen atoms in total. The summed E-state index contributed by atoms with van der Waals surface area (Å²) in [6.07, 6.45) is 6.52. The average Bonchev–Trinajstić information content (AvgIpc) is 2.63. The summed E-state index contributed by atoms with van der Waals surface area (Å²) in [5.74, 6) is 0. The third-order valence-corrected chi connectivity index (χ3v) is 4.07. The molecule has 1 aliphatic heterocycles. The molecule has 2 rings (SSSR count). The molecule has 1 aromatic heterocycles. The van der Waals surface area contributed by atoms with Gasteiger partial charge in [0.25, 0.3) is 0 Å². The summed E-state index contributed by atoms with van der Waals surface area (Å²) in [6.45, 7) is 1.20. The molecule has 1 fully saturated rings. The quantitative estimate of drug-likeness (QED) is 0.837. The predicted molar refractivity (Wildman–Crippen MR) is 63.3 cm³/mol. The fourth-order valence-electron chi connectivity index (χ4n) is 1.97. The van der Waals surface area contributed by atoms with E-state index in [1.165, 1.54) is 43.5 Å². The van der Waals surface area contributed by atoms with Crippen molar-refractivity contribution in [3.63, 3.8) is 0 Å². The molecule has 14 heavy (non-hydrogen) atoms. The first kappa shape index (κ1) is 10.5. The second-order valence-corrected chi connectivity index (χ2v) is 5.69. The first-order chi connectivity index (χ1) is 6.84. The lowest BCUT2D eigenvalue weighted by atomic mass is 10.0. The largest absolute Gasteiger partial charge is 0.314 e. The first-order valence-electron chi connectivity index (χ1n) is 5.32. The van der Waals surface area contributed by atoms with Gasteiger partial charge in [0.05, 0.1) is 4.34 Å². The second kappa shape index (κ2) is 5.15. The van der Waals surface area contributed by atoms with E-state index in [4.69, 9.17) is 11.6 Å². The molecule has 0 aromatic carbocycles. The summed E-state index contributed by atoms with van der Waals surface area (Å²) in [7, 11) is 0. The van der Waals surface area contributed by atoms with Crippen LogP contribution < -0.4 is 5.32 Å². The van der Waals surface area contributed by atoms with Gasteiger partial charge < -0.3 is 5.32 Å². The smallest absolute Gasteiger partial charge is 0.0931 e. The van der Waals surface area contributed by atoms with Crippen molar-refractivity contribution in [2.24, 2.45) is 0 Å². The summed E-state index contributed by atoms with van der Waals surface area (Å²) in [5, 5.41) is 3.57. The van der Waals surface area contributed by atoms with Crippen molar-refractivity contribution in [1.29, 1.82) is 0 Å². The summed E-state index contributed by atoms with van der Waals surface area (Å²) in [6, 6.07) is 4.88. The minimum atomic E-state index is 0.740. The molecule has 3 heteroatoms. The Kier molecular flexibility index (Phi) is 3.85. The molecular weight excluding hydrogens is 214 g/mol. The Morgan fingerprint density at radius 2 is 2.36 bits per heavy atom. The summed E-state index contributed by atoms with van der Waals surface area (Å²) in [5.41, 5.74) is 0. The number of halogens is 1. The van der Waals surface area contributed by atoms with Crippen LogP contribution in [0.1, 0.15) is 30.6 Å². The number of piperidine rings is 1. The molecule has 0 saturated carbocycles. The fourth-order valence-corrected chi connectivity index (χ4v) is 3.08. The van der Waals surface area contributed by atoms with Crippen molar-refractivity contribution in [2.45, 2.75) is 38.1 Å². The van der Waals surface area contributed by atoms with Crippen LogP contribution in [0.25, 0.3) is 0 Å². The van der Waals surface area contributed by atoms with Crippen molar-refractivity contribution in [1.82, 2.24) is 5.32 Å². The van der Waals surface area contributed by atoms with Crippen molar-refractivity contribution in [3.8, 4) is 0 Å². The molecule has 1 atom stereocenters. The van der Waals surface area contributed by atoms with Crippen LogP contribution in [0, 0.1) is 0 Å². The van der Waals surface area contributed by atoms with Crippen LogP contribution in [0.4, 0.5) is 0 Å². The van der Waals surface area contributed by atoms with Crippen molar-refractivity contribution < 1.29 is 0 Å². The Hall–Kier alpha value is -0.0500. The number of rotatable bonds is 3. The van der Waals surface area contributed by atoms with Gasteiger partial charge in [-0.3, -0.25) is 0 Å². The monoisotopic (exact) mass is 229 g/mol. The maximum Gasteiger partial charge on any atom is 0.0931 e. The zero-order valence-corrected chi connectivity index (χ0v) is 9.83. The lowest BCUT2D eigenvalue weighted by Crippen LogP contribution is -2.34. The Labute approximate surface area is 94.5 Å². The normalized spacial score (nSPS) is 22.5. The van der Waals surface area contributed by atoms with Crippen LogP contribution in [-0.2, 0) is 6.42 Å². The zero-order chi connectivity index (χ0) is 9.80. The summed E-state index contributed by atoms with van der Waals surface area (Å²) < 4.78 is 0.914. The molecule has 1 aliphatic rings. The van der Waals surface area contributed by atoms with E-state index in [2.05, 4.69) is 11.4 Å². The molecule has 0 amide bonds. The third kappa shape index (κ3) is 2.97. The van der Waals surface area contributed by atoms with E-state index in [-0.39, 0.29) is 0 Å². The number of thiophene rings is 1. The van der Waals surface area contributed by atoms with Gasteiger partial charge in [-0.2, -0.15) is 0 Å². The van der Waals surface area contributed by atoms with Gasteiger partial charge in [-0.25, -0.2) is 0 Å². The molecule has 0 radical (unpaired) electrons. The van der Waals surface area contributed by atoms with Crippen LogP contribution in [0.2, 0.25) is 4.34 Å². The standard InChI is InChI=1S/C11H16ClNS/c12-11-7-6-10(14-11)5-4-9-3-1-2-8-13-9/h6-7,9,13H,1-5,8H2. The van der Waals surface area contributed by atoms with Gasteiger partial charge in [0.2, 0.25) is 0 Å². The zero-order valence-electron chi connectivity index (χ0n) is 8.26. The molecule has 1 unspecified atom stereocenters. The van der Waals surface area contributed by atoms with E-state index in [1.807, 2.05) is 6.07 Å². The molecule has 0 spiro atoms. The Morgan fingerprint density at radius 1 is 1.43 bits per heavy atom. The minimum absolute atomic E-state index is 0.740. The van der Waals surface area contributed by atoms with Crippen LogP contribution in [0.15, 0.2) is 12.1 Å². The molecule has 1 aromatic rings. The van der Waals surface area contributed by atoms with Crippen molar-refractivity contribution in [2.75, 3.05) is 6.54 Å². The molecule has 0 aliphatic carbocycles. The Morgan fingerprint density at radius 3 is 3.00 bits per heavy atom. The minimum Gasteiger partial charge on any atom is -0.314 e. The van der Waals surface area contributed by atoms with E-state index in [0.717, 1.165) is 10.4 Å². The highest BCUT2D eigenvalue weighted by Gasteiger charge is 2.12. The van der Waals surface area contributed by atoms with Gasteiger partial charge in [0.1, 0.15) is 0 Å². The highest BCUT2D eigenvalue weighted by molar-refractivity contribution is 7.16. The van der Waals surface area contributed by atoms with Crippen molar-refractivity contribution in [3.05, 3.63) is 21.3 Å². The van der Waals surface area contributed by atoms with E-state index in [9.17, 15) is 0 Å². The van der Waals surface area contributed by atoms with Gasteiger partial charge in [0, 0.05) is 10.9 Å². The van der Waals surface area contributed by atoms with E-state index >= 15 is 0 Å². The number of aryl methyl sites for hydroxylation is 1. The molecule has 1 saturated heterocycles. The van der Waals surface area contributed by atoms with Gasteiger partial charge >= 0.3 is 0 Å². The van der Waals surface area contributed by atoms with Gasteiger partial charge in [0.15, 0.2) is 0 Å².